The predicted octanol–water partition coefficient (Wildman–Crippen LogP) is 1.57. The summed E-state index contributed by atoms with van der Waals surface area (Å²) < 4.78 is 33.0. The highest BCUT2D eigenvalue weighted by Gasteiger charge is 2.33. The van der Waals surface area contributed by atoms with Crippen molar-refractivity contribution >= 4 is 21.4 Å². The Morgan fingerprint density at radius 3 is 2.55 bits per heavy atom. The van der Waals surface area contributed by atoms with Gasteiger partial charge in [-0.1, -0.05) is 0 Å². The summed E-state index contributed by atoms with van der Waals surface area (Å²) in [5.41, 5.74) is 1.03. The molecule has 20 heavy (non-hydrogen) atoms. The van der Waals surface area contributed by atoms with Gasteiger partial charge in [-0.15, -0.1) is 11.3 Å². The molecule has 2 rings (SSSR count). The van der Waals surface area contributed by atoms with E-state index in [1.54, 1.807) is 10.4 Å². The molecular weight excluding hydrogens is 296 g/mol. The lowest BCUT2D eigenvalue weighted by atomic mass is 10.3. The molecule has 0 radical (unpaired) electrons. The molecule has 0 saturated carbocycles. The number of nitrogens with zero attached hydrogens (tertiary/aromatic N) is 1. The molecule has 1 N–H and O–H groups in total. The minimum Gasteiger partial charge on any atom is -0.373 e. The third-order valence-corrected chi connectivity index (χ3v) is 6.83. The second kappa shape index (κ2) is 6.11. The van der Waals surface area contributed by atoms with E-state index in [1.165, 1.54) is 11.3 Å². The zero-order valence-electron chi connectivity index (χ0n) is 12.3. The van der Waals surface area contributed by atoms with Crippen LogP contribution in [0.3, 0.4) is 0 Å². The van der Waals surface area contributed by atoms with Gasteiger partial charge in [0.1, 0.15) is 4.21 Å². The maximum absolute atomic E-state index is 12.7. The van der Waals surface area contributed by atoms with Gasteiger partial charge in [-0.2, -0.15) is 4.31 Å². The molecule has 5 nitrogen and oxygen atoms in total. The number of morpholine rings is 1. The normalized spacial score (nSPS) is 25.0. The van der Waals surface area contributed by atoms with Crippen LogP contribution in [0.5, 0.6) is 0 Å². The molecule has 1 aromatic rings. The van der Waals surface area contributed by atoms with Gasteiger partial charge >= 0.3 is 0 Å². The van der Waals surface area contributed by atoms with Crippen molar-refractivity contribution in [3.8, 4) is 0 Å². The van der Waals surface area contributed by atoms with Gasteiger partial charge in [-0.05, 0) is 39.4 Å². The Bertz CT molecular complexity index is 558. The number of rotatable bonds is 4. The Balaban J connectivity index is 2.27. The molecule has 0 aliphatic carbocycles. The second-order valence-electron chi connectivity index (χ2n) is 5.28. The quantitative estimate of drug-likeness (QED) is 0.915. The SMILES string of the molecule is CNCc1sc(S(=O)(=O)N2C[C@@H](C)O[C@@H](C)C2)cc1C. The smallest absolute Gasteiger partial charge is 0.252 e. The van der Waals surface area contributed by atoms with Gasteiger partial charge in [0.25, 0.3) is 10.0 Å². The lowest BCUT2D eigenvalue weighted by molar-refractivity contribution is -0.0440. The molecule has 2 heterocycles. The largest absolute Gasteiger partial charge is 0.373 e. The van der Waals surface area contributed by atoms with E-state index in [0.29, 0.717) is 23.8 Å². The van der Waals surface area contributed by atoms with Crippen molar-refractivity contribution in [1.29, 1.82) is 0 Å². The first-order chi connectivity index (χ1) is 9.34. The van der Waals surface area contributed by atoms with Gasteiger partial charge in [0, 0.05) is 24.5 Å². The Hall–Kier alpha value is -0.470. The first-order valence-electron chi connectivity index (χ1n) is 6.74. The van der Waals surface area contributed by atoms with Gasteiger partial charge in [-0.25, -0.2) is 8.42 Å². The van der Waals surface area contributed by atoms with Crippen LogP contribution in [0.1, 0.15) is 24.3 Å². The summed E-state index contributed by atoms with van der Waals surface area (Å²) in [6.07, 6.45) is -0.127. The highest BCUT2D eigenvalue weighted by molar-refractivity contribution is 7.91. The summed E-state index contributed by atoms with van der Waals surface area (Å²) in [5, 5.41) is 3.07. The van der Waals surface area contributed by atoms with Gasteiger partial charge in [0.05, 0.1) is 12.2 Å². The molecule has 1 aliphatic heterocycles. The maximum atomic E-state index is 12.7. The lowest BCUT2D eigenvalue weighted by Gasteiger charge is -2.34. The fourth-order valence-corrected chi connectivity index (χ4v) is 5.75. The number of hydrogen-bond donors (Lipinski definition) is 1. The van der Waals surface area contributed by atoms with E-state index >= 15 is 0 Å². The zero-order valence-corrected chi connectivity index (χ0v) is 14.0. The van der Waals surface area contributed by atoms with Crippen LogP contribution >= 0.6 is 11.3 Å². The van der Waals surface area contributed by atoms with Gasteiger partial charge in [0.15, 0.2) is 0 Å². The Morgan fingerprint density at radius 1 is 1.40 bits per heavy atom. The standard InChI is InChI=1S/C13H22N2O3S2/c1-9-5-13(19-12(9)6-14-4)20(16,17)15-7-10(2)18-11(3)8-15/h5,10-11,14H,6-8H2,1-4H3/t10-,11+. The van der Waals surface area contributed by atoms with E-state index in [1.807, 2.05) is 27.8 Å². The van der Waals surface area contributed by atoms with Crippen LogP contribution in [0.4, 0.5) is 0 Å². The zero-order chi connectivity index (χ0) is 14.9. The molecule has 1 aromatic heterocycles. The van der Waals surface area contributed by atoms with E-state index in [-0.39, 0.29) is 12.2 Å². The van der Waals surface area contributed by atoms with Crippen LogP contribution < -0.4 is 5.32 Å². The lowest BCUT2D eigenvalue weighted by Crippen LogP contribution is -2.47. The van der Waals surface area contributed by atoms with Crippen LogP contribution in [0, 0.1) is 6.92 Å². The first kappa shape index (κ1) is 15.9. The van der Waals surface area contributed by atoms with Crippen molar-refractivity contribution in [1.82, 2.24) is 9.62 Å². The molecule has 0 spiro atoms. The molecule has 1 fully saturated rings. The monoisotopic (exact) mass is 318 g/mol. The average molecular weight is 318 g/mol. The van der Waals surface area contributed by atoms with E-state index in [2.05, 4.69) is 5.32 Å². The van der Waals surface area contributed by atoms with E-state index in [9.17, 15) is 8.42 Å². The second-order valence-corrected chi connectivity index (χ2v) is 8.58. The van der Waals surface area contributed by atoms with E-state index < -0.39 is 10.0 Å². The van der Waals surface area contributed by atoms with Crippen LogP contribution in [-0.2, 0) is 21.3 Å². The number of hydrogen-bond acceptors (Lipinski definition) is 5. The molecule has 7 heteroatoms. The minimum absolute atomic E-state index is 0.0636. The van der Waals surface area contributed by atoms with Crippen molar-refractivity contribution < 1.29 is 13.2 Å². The van der Waals surface area contributed by atoms with Crippen LogP contribution in [0.15, 0.2) is 10.3 Å². The highest BCUT2D eigenvalue weighted by atomic mass is 32.2. The predicted molar refractivity (Wildman–Crippen MR) is 80.6 cm³/mol. The molecule has 2 atom stereocenters. The topological polar surface area (TPSA) is 58.6 Å². The maximum Gasteiger partial charge on any atom is 0.252 e. The Morgan fingerprint density at radius 2 is 2.00 bits per heavy atom. The molecule has 0 unspecified atom stereocenters. The van der Waals surface area contributed by atoms with Crippen LogP contribution in [0.25, 0.3) is 0 Å². The molecule has 0 aromatic carbocycles. The summed E-state index contributed by atoms with van der Waals surface area (Å²) in [6.45, 7) is 7.30. The van der Waals surface area contributed by atoms with Crippen LogP contribution in [-0.4, -0.2) is 45.1 Å². The van der Waals surface area contributed by atoms with Crippen molar-refractivity contribution in [2.45, 2.75) is 43.7 Å². The van der Waals surface area contributed by atoms with E-state index in [0.717, 1.165) is 10.4 Å². The average Bonchev–Trinajstić information content (AvgIpc) is 2.71. The third-order valence-electron chi connectivity index (χ3n) is 3.32. The number of thiophene rings is 1. The number of ether oxygens (including phenoxy) is 1. The highest BCUT2D eigenvalue weighted by Crippen LogP contribution is 2.30. The summed E-state index contributed by atoms with van der Waals surface area (Å²) >= 11 is 1.35. The van der Waals surface area contributed by atoms with Gasteiger partial charge in [-0.3, -0.25) is 0 Å². The molecule has 1 saturated heterocycles. The fraction of sp³-hybridized carbons (Fsp3) is 0.692. The van der Waals surface area contributed by atoms with Crippen LogP contribution in [0.2, 0.25) is 0 Å². The van der Waals surface area contributed by atoms with Gasteiger partial charge < -0.3 is 10.1 Å². The summed E-state index contributed by atoms with van der Waals surface area (Å²) in [7, 11) is -1.54. The summed E-state index contributed by atoms with van der Waals surface area (Å²) in [6, 6.07) is 1.78. The third kappa shape index (κ3) is 3.23. The van der Waals surface area contributed by atoms with Gasteiger partial charge in [0.2, 0.25) is 0 Å². The van der Waals surface area contributed by atoms with Crippen molar-refractivity contribution in [3.05, 3.63) is 16.5 Å². The summed E-state index contributed by atoms with van der Waals surface area (Å²) in [5.74, 6) is 0. The first-order valence-corrected chi connectivity index (χ1v) is 8.99. The van der Waals surface area contributed by atoms with Crippen molar-refractivity contribution in [3.63, 3.8) is 0 Å². The van der Waals surface area contributed by atoms with E-state index in [4.69, 9.17) is 4.74 Å². The van der Waals surface area contributed by atoms with Crippen molar-refractivity contribution in [2.75, 3.05) is 20.1 Å². The summed E-state index contributed by atoms with van der Waals surface area (Å²) in [4.78, 5) is 1.07. The number of nitrogens with one attached hydrogen (secondary N) is 1. The molecule has 0 bridgehead atoms. The number of aryl methyl sites for hydroxylation is 1. The molecule has 0 amide bonds. The Kier molecular flexibility index (Phi) is 4.86. The Labute approximate surface area is 125 Å². The number of sulfonamides is 1. The molecule has 1 aliphatic rings. The minimum atomic E-state index is -3.40. The van der Waals surface area contributed by atoms with Crippen molar-refractivity contribution in [2.24, 2.45) is 0 Å². The molecule has 114 valence electrons. The fourth-order valence-electron chi connectivity index (χ4n) is 2.41. The molecular formula is C13H22N2O3S2.